The standard InChI is InChI=1S/C18H25ClN2O3S/c19-15-6-8-17(9-7-15)25(23,24)20-16-10-12-21(13-11-16)18(22)14-4-2-1-3-5-14/h6-9,14,16,20H,1-5,10-13H2. The molecule has 0 aromatic heterocycles. The molecule has 0 atom stereocenters. The van der Waals surface area contributed by atoms with Crippen LogP contribution in [0.3, 0.4) is 0 Å². The number of halogens is 1. The maximum absolute atomic E-state index is 12.6. The highest BCUT2D eigenvalue weighted by molar-refractivity contribution is 7.89. The molecular weight excluding hydrogens is 360 g/mol. The highest BCUT2D eigenvalue weighted by Crippen LogP contribution is 2.27. The average molecular weight is 385 g/mol. The van der Waals surface area contributed by atoms with Crippen molar-refractivity contribution in [2.24, 2.45) is 5.92 Å². The van der Waals surface area contributed by atoms with Crippen molar-refractivity contribution in [3.8, 4) is 0 Å². The summed E-state index contributed by atoms with van der Waals surface area (Å²) in [7, 11) is -3.55. The summed E-state index contributed by atoms with van der Waals surface area (Å²) in [5.74, 6) is 0.440. The van der Waals surface area contributed by atoms with Crippen LogP contribution in [0.1, 0.15) is 44.9 Å². The molecule has 1 aliphatic heterocycles. The summed E-state index contributed by atoms with van der Waals surface area (Å²) in [4.78, 5) is 14.7. The van der Waals surface area contributed by atoms with Crippen LogP contribution in [0.4, 0.5) is 0 Å². The topological polar surface area (TPSA) is 66.5 Å². The number of piperidine rings is 1. The quantitative estimate of drug-likeness (QED) is 0.866. The zero-order valence-corrected chi connectivity index (χ0v) is 15.9. The van der Waals surface area contributed by atoms with Gasteiger partial charge in [-0.25, -0.2) is 13.1 Å². The van der Waals surface area contributed by atoms with Gasteiger partial charge < -0.3 is 4.90 Å². The minimum atomic E-state index is -3.55. The molecule has 25 heavy (non-hydrogen) atoms. The lowest BCUT2D eigenvalue weighted by molar-refractivity contribution is -0.137. The Kier molecular flexibility index (Phi) is 6.02. The number of amides is 1. The van der Waals surface area contributed by atoms with E-state index in [-0.39, 0.29) is 22.8 Å². The summed E-state index contributed by atoms with van der Waals surface area (Å²) in [6.45, 7) is 1.26. The van der Waals surface area contributed by atoms with E-state index in [0.29, 0.717) is 31.0 Å². The van der Waals surface area contributed by atoms with E-state index in [1.165, 1.54) is 18.6 Å². The van der Waals surface area contributed by atoms with E-state index >= 15 is 0 Å². The zero-order valence-electron chi connectivity index (χ0n) is 14.3. The van der Waals surface area contributed by atoms with Crippen LogP contribution in [0.25, 0.3) is 0 Å². The number of benzene rings is 1. The number of nitrogens with one attached hydrogen (secondary N) is 1. The van der Waals surface area contributed by atoms with Gasteiger partial charge in [-0.15, -0.1) is 0 Å². The van der Waals surface area contributed by atoms with Gasteiger partial charge in [-0.3, -0.25) is 4.79 Å². The van der Waals surface area contributed by atoms with Gasteiger partial charge in [0.25, 0.3) is 0 Å². The van der Waals surface area contributed by atoms with Gasteiger partial charge in [-0.2, -0.15) is 0 Å². The fourth-order valence-electron chi connectivity index (χ4n) is 3.73. The van der Waals surface area contributed by atoms with E-state index in [9.17, 15) is 13.2 Å². The van der Waals surface area contributed by atoms with Crippen LogP contribution >= 0.6 is 11.6 Å². The van der Waals surface area contributed by atoms with Gasteiger partial charge in [-0.1, -0.05) is 30.9 Å². The van der Waals surface area contributed by atoms with Gasteiger partial charge in [0.05, 0.1) is 4.90 Å². The Hall–Kier alpha value is -1.11. The normalized spacial score (nSPS) is 20.6. The predicted octanol–water partition coefficient (Wildman–Crippen LogP) is 3.19. The first-order chi connectivity index (χ1) is 12.0. The highest BCUT2D eigenvalue weighted by atomic mass is 35.5. The molecule has 2 fully saturated rings. The van der Waals surface area contributed by atoms with Crippen molar-refractivity contribution in [3.05, 3.63) is 29.3 Å². The number of hydrogen-bond acceptors (Lipinski definition) is 3. The Labute approximate surface area is 154 Å². The van der Waals surface area contributed by atoms with E-state index in [1.54, 1.807) is 12.1 Å². The summed E-state index contributed by atoms with van der Waals surface area (Å²) in [5, 5.41) is 0.508. The Morgan fingerprint density at radius 3 is 2.20 bits per heavy atom. The Morgan fingerprint density at radius 2 is 1.60 bits per heavy atom. The Balaban J connectivity index is 1.53. The van der Waals surface area contributed by atoms with Gasteiger partial charge in [0, 0.05) is 30.1 Å². The molecule has 138 valence electrons. The first-order valence-electron chi connectivity index (χ1n) is 9.02. The van der Waals surface area contributed by atoms with Crippen molar-refractivity contribution in [1.82, 2.24) is 9.62 Å². The molecule has 0 unspecified atom stereocenters. The molecule has 7 heteroatoms. The van der Waals surface area contributed by atoms with E-state index in [0.717, 1.165) is 25.7 Å². The van der Waals surface area contributed by atoms with Gasteiger partial charge in [-0.05, 0) is 49.9 Å². The first kappa shape index (κ1) is 18.7. The molecule has 1 saturated carbocycles. The minimum Gasteiger partial charge on any atom is -0.342 e. The van der Waals surface area contributed by atoms with E-state index in [1.807, 2.05) is 4.90 Å². The largest absolute Gasteiger partial charge is 0.342 e. The fraction of sp³-hybridized carbons (Fsp3) is 0.611. The lowest BCUT2D eigenvalue weighted by atomic mass is 9.87. The summed E-state index contributed by atoms with van der Waals surface area (Å²) in [6.07, 6.45) is 6.85. The molecule has 0 bridgehead atoms. The fourth-order valence-corrected chi connectivity index (χ4v) is 5.16. The molecule has 0 spiro atoms. The number of sulfonamides is 1. The maximum Gasteiger partial charge on any atom is 0.240 e. The van der Waals surface area contributed by atoms with Crippen LogP contribution in [0.2, 0.25) is 5.02 Å². The molecule has 1 N–H and O–H groups in total. The number of carbonyl (C=O) groups is 1. The maximum atomic E-state index is 12.6. The number of likely N-dealkylation sites (tertiary alicyclic amines) is 1. The molecule has 2 aliphatic rings. The van der Waals surface area contributed by atoms with Crippen LogP contribution in [0.5, 0.6) is 0 Å². The van der Waals surface area contributed by atoms with Crippen molar-refractivity contribution in [2.75, 3.05) is 13.1 Å². The van der Waals surface area contributed by atoms with Crippen LogP contribution in [-0.2, 0) is 14.8 Å². The molecule has 1 aliphatic carbocycles. The molecular formula is C18H25ClN2O3S. The zero-order chi connectivity index (χ0) is 17.9. The summed E-state index contributed by atoms with van der Waals surface area (Å²) >= 11 is 5.81. The van der Waals surface area contributed by atoms with Crippen LogP contribution < -0.4 is 4.72 Å². The van der Waals surface area contributed by atoms with E-state index in [4.69, 9.17) is 11.6 Å². The molecule has 5 nitrogen and oxygen atoms in total. The monoisotopic (exact) mass is 384 g/mol. The molecule has 1 saturated heterocycles. The lowest BCUT2D eigenvalue weighted by Crippen LogP contribution is -2.48. The van der Waals surface area contributed by atoms with Crippen molar-refractivity contribution >= 4 is 27.5 Å². The van der Waals surface area contributed by atoms with Crippen molar-refractivity contribution in [3.63, 3.8) is 0 Å². The highest BCUT2D eigenvalue weighted by Gasteiger charge is 2.30. The van der Waals surface area contributed by atoms with E-state index < -0.39 is 10.0 Å². The average Bonchev–Trinajstić information content (AvgIpc) is 2.62. The predicted molar refractivity (Wildman–Crippen MR) is 98.0 cm³/mol. The second kappa shape index (κ2) is 8.06. The second-order valence-corrected chi connectivity index (χ2v) is 9.16. The smallest absolute Gasteiger partial charge is 0.240 e. The summed E-state index contributed by atoms with van der Waals surface area (Å²) < 4.78 is 27.6. The number of nitrogens with zero attached hydrogens (tertiary/aromatic N) is 1. The summed E-state index contributed by atoms with van der Waals surface area (Å²) in [5.41, 5.74) is 0. The van der Waals surface area contributed by atoms with Crippen LogP contribution in [0, 0.1) is 5.92 Å². The van der Waals surface area contributed by atoms with E-state index in [2.05, 4.69) is 4.72 Å². The van der Waals surface area contributed by atoms with Crippen LogP contribution in [0.15, 0.2) is 29.2 Å². The molecule has 0 radical (unpaired) electrons. The first-order valence-corrected chi connectivity index (χ1v) is 10.9. The Bertz CT molecular complexity index is 692. The van der Waals surface area contributed by atoms with Gasteiger partial charge in [0.15, 0.2) is 0 Å². The molecule has 1 heterocycles. The van der Waals surface area contributed by atoms with Gasteiger partial charge >= 0.3 is 0 Å². The third-order valence-electron chi connectivity index (χ3n) is 5.21. The molecule has 1 aromatic carbocycles. The molecule has 3 rings (SSSR count). The SMILES string of the molecule is O=C(C1CCCCC1)N1CCC(NS(=O)(=O)c2ccc(Cl)cc2)CC1. The van der Waals surface area contributed by atoms with Crippen molar-refractivity contribution in [2.45, 2.75) is 55.9 Å². The van der Waals surface area contributed by atoms with Gasteiger partial charge in [0.1, 0.15) is 0 Å². The van der Waals surface area contributed by atoms with Gasteiger partial charge in [0.2, 0.25) is 15.9 Å². The summed E-state index contributed by atoms with van der Waals surface area (Å²) in [6, 6.07) is 6.03. The third kappa shape index (κ3) is 4.74. The number of rotatable bonds is 4. The third-order valence-corrected chi connectivity index (χ3v) is 7.00. The molecule has 1 aromatic rings. The van der Waals surface area contributed by atoms with Crippen molar-refractivity contribution < 1.29 is 13.2 Å². The Morgan fingerprint density at radius 1 is 1.00 bits per heavy atom. The number of carbonyl (C=O) groups excluding carboxylic acids is 1. The minimum absolute atomic E-state index is 0.129. The number of hydrogen-bond donors (Lipinski definition) is 1. The van der Waals surface area contributed by atoms with Crippen LogP contribution in [-0.4, -0.2) is 38.4 Å². The molecule has 1 amide bonds. The lowest BCUT2D eigenvalue weighted by Gasteiger charge is -2.35. The van der Waals surface area contributed by atoms with Crippen molar-refractivity contribution in [1.29, 1.82) is 0 Å². The second-order valence-electron chi connectivity index (χ2n) is 7.01.